The summed E-state index contributed by atoms with van der Waals surface area (Å²) in [6, 6.07) is 0. The number of hydrogen-bond donors (Lipinski definition) is 1. The van der Waals surface area contributed by atoms with Crippen LogP contribution in [0.25, 0.3) is 0 Å². The zero-order chi connectivity index (χ0) is 14.0. The number of carbonyl (C=O) groups is 1. The molecule has 0 heterocycles. The Labute approximate surface area is 111 Å². The van der Waals surface area contributed by atoms with Gasteiger partial charge < -0.3 is 9.84 Å². The summed E-state index contributed by atoms with van der Waals surface area (Å²) in [7, 11) is 0. The van der Waals surface area contributed by atoms with Crippen LogP contribution in [0.4, 0.5) is 4.79 Å². The summed E-state index contributed by atoms with van der Waals surface area (Å²) >= 11 is 0. The van der Waals surface area contributed by atoms with Gasteiger partial charge in [0.15, 0.2) is 0 Å². The van der Waals surface area contributed by atoms with Gasteiger partial charge in [-0.05, 0) is 51.5 Å². The van der Waals surface area contributed by atoms with Crippen LogP contribution in [0, 0.1) is 5.92 Å². The monoisotopic (exact) mass is 254 g/mol. The Kier molecular flexibility index (Phi) is 9.07. The minimum absolute atomic E-state index is 0.313. The van der Waals surface area contributed by atoms with E-state index in [2.05, 4.69) is 26.8 Å². The Morgan fingerprint density at radius 3 is 2.56 bits per heavy atom. The zero-order valence-electron chi connectivity index (χ0n) is 12.0. The maximum Gasteiger partial charge on any atom is 0.506 e. The first kappa shape index (κ1) is 16.8. The van der Waals surface area contributed by atoms with Crippen molar-refractivity contribution >= 4 is 6.16 Å². The van der Waals surface area contributed by atoms with Gasteiger partial charge in [0.2, 0.25) is 0 Å². The van der Waals surface area contributed by atoms with E-state index in [1.54, 1.807) is 0 Å². The summed E-state index contributed by atoms with van der Waals surface area (Å²) < 4.78 is 4.71. The van der Waals surface area contributed by atoms with E-state index in [1.165, 1.54) is 5.57 Å². The van der Waals surface area contributed by atoms with Crippen LogP contribution in [-0.4, -0.2) is 17.4 Å². The van der Waals surface area contributed by atoms with Gasteiger partial charge in [0.25, 0.3) is 0 Å². The molecule has 0 aromatic carbocycles. The van der Waals surface area contributed by atoms with Gasteiger partial charge in [0, 0.05) is 0 Å². The van der Waals surface area contributed by atoms with Crippen molar-refractivity contribution in [3.05, 3.63) is 23.8 Å². The first-order valence-corrected chi connectivity index (χ1v) is 6.65. The van der Waals surface area contributed by atoms with Gasteiger partial charge in [-0.25, -0.2) is 4.79 Å². The summed E-state index contributed by atoms with van der Waals surface area (Å²) in [5, 5.41) is 8.53. The molecule has 3 nitrogen and oxygen atoms in total. The SMILES string of the molecule is CCC(C=CCC(C)CCC=C(C)C)OC(=O)O. The van der Waals surface area contributed by atoms with Crippen molar-refractivity contribution in [3.8, 4) is 0 Å². The Hall–Kier alpha value is -1.25. The van der Waals surface area contributed by atoms with Crippen LogP contribution in [-0.2, 0) is 4.74 Å². The highest BCUT2D eigenvalue weighted by Gasteiger charge is 2.07. The molecule has 2 atom stereocenters. The molecule has 18 heavy (non-hydrogen) atoms. The lowest BCUT2D eigenvalue weighted by atomic mass is 10.0. The second-order valence-electron chi connectivity index (χ2n) is 4.96. The van der Waals surface area contributed by atoms with Gasteiger partial charge in [0.05, 0.1) is 0 Å². The first-order valence-electron chi connectivity index (χ1n) is 6.65. The van der Waals surface area contributed by atoms with E-state index in [0.29, 0.717) is 12.3 Å². The average Bonchev–Trinajstić information content (AvgIpc) is 2.26. The van der Waals surface area contributed by atoms with Crippen LogP contribution in [0.3, 0.4) is 0 Å². The van der Waals surface area contributed by atoms with Crippen LogP contribution < -0.4 is 0 Å². The van der Waals surface area contributed by atoms with Crippen molar-refractivity contribution in [1.29, 1.82) is 0 Å². The number of carboxylic acid groups (broad SMARTS) is 1. The van der Waals surface area contributed by atoms with Crippen molar-refractivity contribution in [2.24, 2.45) is 5.92 Å². The van der Waals surface area contributed by atoms with Gasteiger partial charge >= 0.3 is 6.16 Å². The van der Waals surface area contributed by atoms with Crippen molar-refractivity contribution < 1.29 is 14.6 Å². The number of ether oxygens (including phenoxy) is 1. The fraction of sp³-hybridized carbons (Fsp3) is 0.667. The third kappa shape index (κ3) is 9.94. The van der Waals surface area contributed by atoms with Crippen molar-refractivity contribution in [2.45, 2.75) is 59.5 Å². The number of rotatable bonds is 8. The average molecular weight is 254 g/mol. The quantitative estimate of drug-likeness (QED) is 0.500. The molecule has 0 aliphatic rings. The zero-order valence-corrected chi connectivity index (χ0v) is 12.0. The van der Waals surface area contributed by atoms with E-state index in [9.17, 15) is 4.79 Å². The Bertz CT molecular complexity index is 288. The van der Waals surface area contributed by atoms with E-state index in [0.717, 1.165) is 19.3 Å². The molecule has 0 fully saturated rings. The molecule has 0 aromatic heterocycles. The molecule has 0 aliphatic heterocycles. The second kappa shape index (κ2) is 9.75. The van der Waals surface area contributed by atoms with Crippen LogP contribution in [0.1, 0.15) is 53.4 Å². The van der Waals surface area contributed by atoms with Gasteiger partial charge in [-0.2, -0.15) is 0 Å². The molecule has 0 aliphatic carbocycles. The van der Waals surface area contributed by atoms with Gasteiger partial charge in [0.1, 0.15) is 6.10 Å². The maximum atomic E-state index is 10.4. The van der Waals surface area contributed by atoms with Gasteiger partial charge in [-0.3, -0.25) is 0 Å². The Morgan fingerprint density at radius 1 is 1.39 bits per heavy atom. The highest BCUT2D eigenvalue weighted by molar-refractivity contribution is 5.57. The number of allylic oxidation sites excluding steroid dienone is 3. The Balaban J connectivity index is 3.91. The highest BCUT2D eigenvalue weighted by Crippen LogP contribution is 2.13. The fourth-order valence-corrected chi connectivity index (χ4v) is 1.63. The molecular weight excluding hydrogens is 228 g/mol. The normalized spacial score (nSPS) is 14.2. The summed E-state index contributed by atoms with van der Waals surface area (Å²) in [5.74, 6) is 0.610. The van der Waals surface area contributed by atoms with Crippen molar-refractivity contribution in [1.82, 2.24) is 0 Å². The third-order valence-electron chi connectivity index (χ3n) is 2.76. The van der Waals surface area contributed by atoms with Crippen molar-refractivity contribution in [2.75, 3.05) is 0 Å². The fourth-order valence-electron chi connectivity index (χ4n) is 1.63. The molecule has 0 spiro atoms. The van der Waals surface area contributed by atoms with Gasteiger partial charge in [-0.15, -0.1) is 0 Å². The van der Waals surface area contributed by atoms with Gasteiger partial charge in [-0.1, -0.05) is 31.6 Å². The van der Waals surface area contributed by atoms with Crippen molar-refractivity contribution in [3.63, 3.8) is 0 Å². The topological polar surface area (TPSA) is 46.5 Å². The second-order valence-corrected chi connectivity index (χ2v) is 4.96. The predicted octanol–water partition coefficient (Wildman–Crippen LogP) is 4.79. The molecule has 0 bridgehead atoms. The number of hydrogen-bond acceptors (Lipinski definition) is 2. The molecule has 0 saturated heterocycles. The Morgan fingerprint density at radius 2 is 2.06 bits per heavy atom. The summed E-state index contributed by atoms with van der Waals surface area (Å²) in [6.45, 7) is 8.34. The molecule has 2 unspecified atom stereocenters. The summed E-state index contributed by atoms with van der Waals surface area (Å²) in [6.07, 6.45) is 8.53. The van der Waals surface area contributed by atoms with E-state index in [-0.39, 0.29) is 6.10 Å². The minimum Gasteiger partial charge on any atom is -0.450 e. The standard InChI is InChI=1S/C15H26O3/c1-5-14(18-15(16)17)11-7-10-13(4)9-6-8-12(2)3/h7-8,11,13-14H,5-6,9-10H2,1-4H3,(H,16,17). The van der Waals surface area contributed by atoms with Crippen LogP contribution >= 0.6 is 0 Å². The predicted molar refractivity (Wildman–Crippen MR) is 74.8 cm³/mol. The van der Waals surface area contributed by atoms with Crippen LogP contribution in [0.2, 0.25) is 0 Å². The summed E-state index contributed by atoms with van der Waals surface area (Å²) in [4.78, 5) is 10.4. The minimum atomic E-state index is -1.21. The van der Waals surface area contributed by atoms with E-state index in [1.807, 2.05) is 19.1 Å². The lowest BCUT2D eigenvalue weighted by Gasteiger charge is -2.10. The molecular formula is C15H26O3. The molecule has 0 saturated carbocycles. The summed E-state index contributed by atoms with van der Waals surface area (Å²) in [5.41, 5.74) is 1.36. The van der Waals surface area contributed by atoms with E-state index >= 15 is 0 Å². The maximum absolute atomic E-state index is 10.4. The smallest absolute Gasteiger partial charge is 0.450 e. The molecule has 3 heteroatoms. The third-order valence-corrected chi connectivity index (χ3v) is 2.76. The molecule has 104 valence electrons. The lowest BCUT2D eigenvalue weighted by Crippen LogP contribution is -2.12. The lowest BCUT2D eigenvalue weighted by molar-refractivity contribution is 0.0678. The molecule has 0 radical (unpaired) electrons. The molecule has 0 amide bonds. The van der Waals surface area contributed by atoms with E-state index in [4.69, 9.17) is 9.84 Å². The molecule has 0 aromatic rings. The largest absolute Gasteiger partial charge is 0.506 e. The van der Waals surface area contributed by atoms with Crippen LogP contribution in [0.5, 0.6) is 0 Å². The molecule has 1 N–H and O–H groups in total. The van der Waals surface area contributed by atoms with Crippen LogP contribution in [0.15, 0.2) is 23.8 Å². The molecule has 0 rings (SSSR count). The first-order chi connectivity index (χ1) is 8.45. The van der Waals surface area contributed by atoms with E-state index < -0.39 is 6.16 Å². The highest BCUT2D eigenvalue weighted by atomic mass is 16.7.